The van der Waals surface area contributed by atoms with E-state index in [0.29, 0.717) is 6.04 Å². The smallest absolute Gasteiger partial charge is 0.0234 e. The average molecular weight is 274 g/mol. The van der Waals surface area contributed by atoms with Crippen LogP contribution in [-0.2, 0) is 6.54 Å². The Kier molecular flexibility index (Phi) is 5.62. The number of aryl methyl sites for hydroxylation is 2. The van der Waals surface area contributed by atoms with Gasteiger partial charge in [-0.2, -0.15) is 0 Å². The van der Waals surface area contributed by atoms with E-state index in [4.69, 9.17) is 0 Å². The number of piperidine rings is 1. The maximum absolute atomic E-state index is 3.59. The second-order valence-electron chi connectivity index (χ2n) is 6.48. The monoisotopic (exact) mass is 274 g/mol. The van der Waals surface area contributed by atoms with E-state index >= 15 is 0 Å². The lowest BCUT2D eigenvalue weighted by Gasteiger charge is -2.36. The predicted molar refractivity (Wildman–Crippen MR) is 87.1 cm³/mol. The molecule has 0 aliphatic carbocycles. The van der Waals surface area contributed by atoms with E-state index in [2.05, 4.69) is 56.1 Å². The number of rotatable bonds is 5. The number of hydrogen-bond donors (Lipinski definition) is 1. The summed E-state index contributed by atoms with van der Waals surface area (Å²) in [5, 5.41) is 3.59. The molecule has 2 atom stereocenters. The van der Waals surface area contributed by atoms with Crippen molar-refractivity contribution in [1.82, 2.24) is 10.2 Å². The van der Waals surface area contributed by atoms with E-state index in [9.17, 15) is 0 Å². The summed E-state index contributed by atoms with van der Waals surface area (Å²) in [6.45, 7) is 13.6. The van der Waals surface area contributed by atoms with Crippen LogP contribution < -0.4 is 5.32 Å². The molecule has 20 heavy (non-hydrogen) atoms. The molecule has 2 rings (SSSR count). The molecule has 2 heteroatoms. The third-order valence-corrected chi connectivity index (χ3v) is 4.46. The van der Waals surface area contributed by atoms with Crippen molar-refractivity contribution in [3.8, 4) is 0 Å². The zero-order chi connectivity index (χ0) is 14.5. The van der Waals surface area contributed by atoms with E-state index in [1.54, 1.807) is 0 Å². The first-order valence-corrected chi connectivity index (χ1v) is 8.11. The molecule has 1 aliphatic rings. The molecule has 1 N–H and O–H groups in total. The fourth-order valence-corrected chi connectivity index (χ4v) is 3.55. The first kappa shape index (κ1) is 15.5. The molecule has 1 aromatic carbocycles. The van der Waals surface area contributed by atoms with Gasteiger partial charge in [0.25, 0.3) is 0 Å². The van der Waals surface area contributed by atoms with Crippen LogP contribution in [0.4, 0.5) is 0 Å². The summed E-state index contributed by atoms with van der Waals surface area (Å²) >= 11 is 0. The van der Waals surface area contributed by atoms with Gasteiger partial charge in [0.05, 0.1) is 0 Å². The van der Waals surface area contributed by atoms with Crippen LogP contribution in [0, 0.1) is 19.8 Å². The second kappa shape index (κ2) is 7.24. The van der Waals surface area contributed by atoms with Crippen LogP contribution >= 0.6 is 0 Å². The SMILES string of the molecule is CCNC(C)C1CCCN(Cc2cc(C)cc(C)c2)C1. The topological polar surface area (TPSA) is 15.3 Å². The quantitative estimate of drug-likeness (QED) is 0.884. The molecule has 2 unspecified atom stereocenters. The molecule has 0 spiro atoms. The van der Waals surface area contributed by atoms with Crippen molar-refractivity contribution in [2.24, 2.45) is 5.92 Å². The molecular formula is C18H30N2. The van der Waals surface area contributed by atoms with E-state index < -0.39 is 0 Å². The minimum atomic E-state index is 0.641. The lowest BCUT2D eigenvalue weighted by molar-refractivity contribution is 0.145. The van der Waals surface area contributed by atoms with Crippen molar-refractivity contribution in [1.29, 1.82) is 0 Å². The maximum Gasteiger partial charge on any atom is 0.0234 e. The number of hydrogen-bond acceptors (Lipinski definition) is 2. The molecule has 1 fully saturated rings. The molecule has 0 bridgehead atoms. The van der Waals surface area contributed by atoms with Gasteiger partial charge in [0, 0.05) is 19.1 Å². The van der Waals surface area contributed by atoms with Gasteiger partial charge >= 0.3 is 0 Å². The zero-order valence-electron chi connectivity index (χ0n) is 13.6. The molecule has 1 aliphatic heterocycles. The van der Waals surface area contributed by atoms with E-state index in [1.165, 1.54) is 42.6 Å². The van der Waals surface area contributed by atoms with Gasteiger partial charge in [-0.25, -0.2) is 0 Å². The Hall–Kier alpha value is -0.860. The standard InChI is InChI=1S/C18H30N2/c1-5-19-16(4)18-7-6-8-20(13-18)12-17-10-14(2)9-15(3)11-17/h9-11,16,18-19H,5-8,12-13H2,1-4H3. The first-order valence-electron chi connectivity index (χ1n) is 8.11. The third kappa shape index (κ3) is 4.32. The van der Waals surface area contributed by atoms with Crippen molar-refractivity contribution in [2.75, 3.05) is 19.6 Å². The van der Waals surface area contributed by atoms with Crippen LogP contribution in [-0.4, -0.2) is 30.6 Å². The first-order chi connectivity index (χ1) is 9.58. The Morgan fingerprint density at radius 1 is 1.25 bits per heavy atom. The summed E-state index contributed by atoms with van der Waals surface area (Å²) in [6, 6.07) is 7.58. The van der Waals surface area contributed by atoms with Gasteiger partial charge in [0.1, 0.15) is 0 Å². The van der Waals surface area contributed by atoms with E-state index in [1.807, 2.05) is 0 Å². The van der Waals surface area contributed by atoms with Gasteiger partial charge < -0.3 is 5.32 Å². The van der Waals surface area contributed by atoms with E-state index in [0.717, 1.165) is 19.0 Å². The van der Waals surface area contributed by atoms with Crippen LogP contribution in [0.1, 0.15) is 43.4 Å². The van der Waals surface area contributed by atoms with Gasteiger partial charge in [0.15, 0.2) is 0 Å². The Morgan fingerprint density at radius 3 is 2.60 bits per heavy atom. The summed E-state index contributed by atoms with van der Waals surface area (Å²) < 4.78 is 0. The number of nitrogens with one attached hydrogen (secondary N) is 1. The summed E-state index contributed by atoms with van der Waals surface area (Å²) in [5.74, 6) is 0.801. The van der Waals surface area contributed by atoms with Gasteiger partial charge in [-0.1, -0.05) is 36.2 Å². The van der Waals surface area contributed by atoms with E-state index in [-0.39, 0.29) is 0 Å². The highest BCUT2D eigenvalue weighted by Gasteiger charge is 2.24. The maximum atomic E-state index is 3.59. The number of benzene rings is 1. The molecule has 0 saturated carbocycles. The largest absolute Gasteiger partial charge is 0.314 e. The van der Waals surface area contributed by atoms with Crippen molar-refractivity contribution in [3.05, 3.63) is 34.9 Å². The third-order valence-electron chi connectivity index (χ3n) is 4.46. The molecule has 1 heterocycles. The average Bonchev–Trinajstić information content (AvgIpc) is 2.38. The summed E-state index contributed by atoms with van der Waals surface area (Å²) in [7, 11) is 0. The van der Waals surface area contributed by atoms with Gasteiger partial charge in [-0.15, -0.1) is 0 Å². The van der Waals surface area contributed by atoms with Crippen LogP contribution in [0.5, 0.6) is 0 Å². The van der Waals surface area contributed by atoms with Crippen molar-refractivity contribution in [3.63, 3.8) is 0 Å². The highest BCUT2D eigenvalue weighted by atomic mass is 15.1. The van der Waals surface area contributed by atoms with Gasteiger partial charge in [0.2, 0.25) is 0 Å². The van der Waals surface area contributed by atoms with Crippen LogP contribution in [0.2, 0.25) is 0 Å². The molecule has 112 valence electrons. The normalized spacial score (nSPS) is 21.9. The lowest BCUT2D eigenvalue weighted by atomic mass is 9.91. The highest BCUT2D eigenvalue weighted by Crippen LogP contribution is 2.22. The predicted octanol–water partition coefficient (Wildman–Crippen LogP) is 3.51. The zero-order valence-corrected chi connectivity index (χ0v) is 13.6. The van der Waals surface area contributed by atoms with Crippen LogP contribution in [0.25, 0.3) is 0 Å². The van der Waals surface area contributed by atoms with Gasteiger partial charge in [-0.3, -0.25) is 4.90 Å². The molecule has 1 aromatic rings. The Balaban J connectivity index is 1.95. The summed E-state index contributed by atoms with van der Waals surface area (Å²) in [5.41, 5.74) is 4.24. The second-order valence-corrected chi connectivity index (χ2v) is 6.48. The molecule has 0 radical (unpaired) electrons. The van der Waals surface area contributed by atoms with Crippen molar-refractivity contribution >= 4 is 0 Å². The number of nitrogens with zero attached hydrogens (tertiary/aromatic N) is 1. The molecule has 0 amide bonds. The summed E-state index contributed by atoms with van der Waals surface area (Å²) in [4.78, 5) is 2.64. The summed E-state index contributed by atoms with van der Waals surface area (Å²) in [6.07, 6.45) is 2.71. The lowest BCUT2D eigenvalue weighted by Crippen LogP contribution is -2.44. The van der Waals surface area contributed by atoms with Crippen LogP contribution in [0.3, 0.4) is 0 Å². The van der Waals surface area contributed by atoms with Crippen molar-refractivity contribution in [2.45, 2.75) is 53.1 Å². The number of likely N-dealkylation sites (tertiary alicyclic amines) is 1. The van der Waals surface area contributed by atoms with Crippen LogP contribution in [0.15, 0.2) is 18.2 Å². The van der Waals surface area contributed by atoms with Gasteiger partial charge in [-0.05, 0) is 58.2 Å². The Bertz CT molecular complexity index is 407. The van der Waals surface area contributed by atoms with Crippen molar-refractivity contribution < 1.29 is 0 Å². The fraction of sp³-hybridized carbons (Fsp3) is 0.667. The minimum Gasteiger partial charge on any atom is -0.314 e. The highest BCUT2D eigenvalue weighted by molar-refractivity contribution is 5.28. The fourth-order valence-electron chi connectivity index (χ4n) is 3.55. The molecular weight excluding hydrogens is 244 g/mol. The molecule has 2 nitrogen and oxygen atoms in total. The molecule has 0 aromatic heterocycles. The molecule has 1 saturated heterocycles. The Labute approximate surface area is 124 Å². The minimum absolute atomic E-state index is 0.641. The Morgan fingerprint density at radius 2 is 1.95 bits per heavy atom.